The lowest BCUT2D eigenvalue weighted by Crippen LogP contribution is -2.32. The van der Waals surface area contributed by atoms with Gasteiger partial charge in [-0.1, -0.05) is 13.0 Å². The molecule has 7 nitrogen and oxygen atoms in total. The Morgan fingerprint density at radius 1 is 1.25 bits per heavy atom. The van der Waals surface area contributed by atoms with Crippen molar-refractivity contribution in [3.8, 4) is 11.5 Å². The number of aromatic nitrogens is 2. The van der Waals surface area contributed by atoms with E-state index in [-0.39, 0.29) is 18.7 Å². The fraction of sp³-hybridized carbons (Fsp3) is 0.353. The first-order valence-electron chi connectivity index (χ1n) is 7.91. The molecule has 0 fully saturated rings. The van der Waals surface area contributed by atoms with Crippen molar-refractivity contribution in [1.82, 2.24) is 15.3 Å². The molecule has 0 radical (unpaired) electrons. The topological polar surface area (TPSA) is 85.4 Å². The average Bonchev–Trinajstić information content (AvgIpc) is 3.08. The normalized spacial score (nSPS) is 13.4. The van der Waals surface area contributed by atoms with E-state index in [1.807, 2.05) is 32.0 Å². The minimum absolute atomic E-state index is 0.126. The molecule has 2 heterocycles. The van der Waals surface area contributed by atoms with Crippen molar-refractivity contribution in [2.45, 2.75) is 32.9 Å². The predicted molar refractivity (Wildman–Crippen MR) is 89.1 cm³/mol. The number of nitrogens with one attached hydrogen (secondary N) is 2. The highest BCUT2D eigenvalue weighted by molar-refractivity contribution is 5.93. The fourth-order valence-corrected chi connectivity index (χ4v) is 2.18. The molecule has 1 amide bonds. The van der Waals surface area contributed by atoms with Crippen molar-refractivity contribution in [3.05, 3.63) is 41.7 Å². The van der Waals surface area contributed by atoms with Gasteiger partial charge in [0.15, 0.2) is 11.5 Å². The van der Waals surface area contributed by atoms with Gasteiger partial charge in [0.25, 0.3) is 5.91 Å². The Morgan fingerprint density at radius 2 is 2.00 bits per heavy atom. The average molecular weight is 328 g/mol. The molecule has 1 unspecified atom stereocenters. The molecule has 1 aromatic heterocycles. The Hall–Kier alpha value is -2.83. The number of carbonyl (C=O) groups excluding carboxylic acids is 1. The van der Waals surface area contributed by atoms with Crippen molar-refractivity contribution in [3.63, 3.8) is 0 Å². The van der Waals surface area contributed by atoms with Crippen LogP contribution in [0.1, 0.15) is 36.2 Å². The molecule has 0 spiro atoms. The van der Waals surface area contributed by atoms with Crippen LogP contribution in [0.3, 0.4) is 0 Å². The molecule has 24 heavy (non-hydrogen) atoms. The molecule has 1 atom stereocenters. The van der Waals surface area contributed by atoms with E-state index < -0.39 is 0 Å². The third-order valence-corrected chi connectivity index (χ3v) is 3.79. The second-order valence-electron chi connectivity index (χ2n) is 5.62. The maximum absolute atomic E-state index is 12.0. The van der Waals surface area contributed by atoms with E-state index >= 15 is 0 Å². The summed E-state index contributed by atoms with van der Waals surface area (Å²) in [5.74, 6) is 1.80. The van der Waals surface area contributed by atoms with E-state index in [1.165, 1.54) is 12.4 Å². The number of ether oxygens (including phenoxy) is 2. The third kappa shape index (κ3) is 3.73. The summed E-state index contributed by atoms with van der Waals surface area (Å²) < 4.78 is 10.6. The standard InChI is InChI=1S/C17H20N4O3/c1-3-11(2)21-16(22)13-8-19-17(20-9-13)18-7-12-4-5-14-15(6-12)24-10-23-14/h4-6,8-9,11H,3,7,10H2,1-2H3,(H,21,22)(H,18,19,20). The number of amides is 1. The van der Waals surface area contributed by atoms with Crippen LogP contribution >= 0.6 is 0 Å². The summed E-state index contributed by atoms with van der Waals surface area (Å²) in [4.78, 5) is 20.3. The summed E-state index contributed by atoms with van der Waals surface area (Å²) in [5.41, 5.74) is 1.48. The van der Waals surface area contributed by atoms with Gasteiger partial charge in [-0.3, -0.25) is 4.79 Å². The van der Waals surface area contributed by atoms with Gasteiger partial charge < -0.3 is 20.1 Å². The van der Waals surface area contributed by atoms with Gasteiger partial charge in [0.2, 0.25) is 12.7 Å². The van der Waals surface area contributed by atoms with Crippen LogP contribution < -0.4 is 20.1 Å². The smallest absolute Gasteiger partial charge is 0.254 e. The molecule has 3 rings (SSSR count). The number of anilines is 1. The van der Waals surface area contributed by atoms with Crippen LogP contribution in [0.2, 0.25) is 0 Å². The molecular formula is C17H20N4O3. The van der Waals surface area contributed by atoms with E-state index in [2.05, 4.69) is 20.6 Å². The van der Waals surface area contributed by atoms with Gasteiger partial charge in [-0.15, -0.1) is 0 Å². The highest BCUT2D eigenvalue weighted by Crippen LogP contribution is 2.32. The minimum atomic E-state index is -0.160. The molecule has 0 bridgehead atoms. The monoisotopic (exact) mass is 328 g/mol. The van der Waals surface area contributed by atoms with Gasteiger partial charge in [-0.25, -0.2) is 9.97 Å². The fourth-order valence-electron chi connectivity index (χ4n) is 2.18. The molecule has 126 valence electrons. The summed E-state index contributed by atoms with van der Waals surface area (Å²) in [7, 11) is 0. The number of carbonyl (C=O) groups is 1. The predicted octanol–water partition coefficient (Wildman–Crippen LogP) is 2.35. The lowest BCUT2D eigenvalue weighted by atomic mass is 10.2. The Balaban J connectivity index is 1.57. The van der Waals surface area contributed by atoms with Crippen molar-refractivity contribution >= 4 is 11.9 Å². The van der Waals surface area contributed by atoms with Crippen LogP contribution in [0, 0.1) is 0 Å². The summed E-state index contributed by atoms with van der Waals surface area (Å²) in [6, 6.07) is 5.88. The number of benzene rings is 1. The van der Waals surface area contributed by atoms with Crippen LogP contribution in [0.4, 0.5) is 5.95 Å². The van der Waals surface area contributed by atoms with Gasteiger partial charge >= 0.3 is 0 Å². The molecule has 0 aliphatic carbocycles. The summed E-state index contributed by atoms with van der Waals surface area (Å²) >= 11 is 0. The number of hydrogen-bond acceptors (Lipinski definition) is 6. The Kier molecular flexibility index (Phi) is 4.79. The Morgan fingerprint density at radius 3 is 2.75 bits per heavy atom. The zero-order chi connectivity index (χ0) is 16.9. The number of hydrogen-bond donors (Lipinski definition) is 2. The van der Waals surface area contributed by atoms with Crippen molar-refractivity contribution in [2.24, 2.45) is 0 Å². The van der Waals surface area contributed by atoms with Gasteiger partial charge in [0.05, 0.1) is 5.56 Å². The number of fused-ring (bicyclic) bond motifs is 1. The van der Waals surface area contributed by atoms with E-state index in [9.17, 15) is 4.79 Å². The van der Waals surface area contributed by atoms with Crippen molar-refractivity contribution in [1.29, 1.82) is 0 Å². The molecule has 1 aliphatic rings. The SMILES string of the molecule is CCC(C)NC(=O)c1cnc(NCc2ccc3c(c2)OCO3)nc1. The maximum Gasteiger partial charge on any atom is 0.254 e. The number of rotatable bonds is 6. The van der Waals surface area contributed by atoms with Crippen LogP contribution in [0.25, 0.3) is 0 Å². The van der Waals surface area contributed by atoms with Crippen LogP contribution in [0.5, 0.6) is 11.5 Å². The number of nitrogens with zero attached hydrogens (tertiary/aromatic N) is 2. The summed E-state index contributed by atoms with van der Waals surface area (Å²) in [6.07, 6.45) is 3.92. The quantitative estimate of drug-likeness (QED) is 0.846. The van der Waals surface area contributed by atoms with Crippen molar-refractivity contribution < 1.29 is 14.3 Å². The second-order valence-corrected chi connectivity index (χ2v) is 5.62. The highest BCUT2D eigenvalue weighted by atomic mass is 16.7. The van der Waals surface area contributed by atoms with Crippen LogP contribution in [-0.2, 0) is 6.54 Å². The zero-order valence-corrected chi connectivity index (χ0v) is 13.7. The van der Waals surface area contributed by atoms with E-state index in [4.69, 9.17) is 9.47 Å². The van der Waals surface area contributed by atoms with Gasteiger partial charge in [-0.05, 0) is 31.0 Å². The third-order valence-electron chi connectivity index (χ3n) is 3.79. The molecule has 1 aliphatic heterocycles. The highest BCUT2D eigenvalue weighted by Gasteiger charge is 2.13. The van der Waals surface area contributed by atoms with E-state index in [0.29, 0.717) is 18.1 Å². The second kappa shape index (κ2) is 7.16. The maximum atomic E-state index is 12.0. The van der Waals surface area contributed by atoms with Crippen LogP contribution in [-0.4, -0.2) is 28.7 Å². The van der Waals surface area contributed by atoms with Gasteiger partial charge in [0.1, 0.15) is 0 Å². The summed E-state index contributed by atoms with van der Waals surface area (Å²) in [5, 5.41) is 6.00. The molecular weight excluding hydrogens is 308 g/mol. The first-order valence-corrected chi connectivity index (χ1v) is 7.91. The van der Waals surface area contributed by atoms with Crippen LogP contribution in [0.15, 0.2) is 30.6 Å². The molecule has 0 saturated heterocycles. The molecule has 7 heteroatoms. The zero-order valence-electron chi connectivity index (χ0n) is 13.7. The van der Waals surface area contributed by atoms with Gasteiger partial charge in [0, 0.05) is 25.0 Å². The molecule has 2 N–H and O–H groups in total. The van der Waals surface area contributed by atoms with Crippen molar-refractivity contribution in [2.75, 3.05) is 12.1 Å². The summed E-state index contributed by atoms with van der Waals surface area (Å²) in [6.45, 7) is 4.79. The lowest BCUT2D eigenvalue weighted by Gasteiger charge is -2.11. The lowest BCUT2D eigenvalue weighted by molar-refractivity contribution is 0.0938. The Bertz CT molecular complexity index is 718. The Labute approximate surface area is 140 Å². The first-order chi connectivity index (χ1) is 11.7. The van der Waals surface area contributed by atoms with E-state index in [1.54, 1.807) is 0 Å². The largest absolute Gasteiger partial charge is 0.454 e. The molecule has 2 aromatic rings. The van der Waals surface area contributed by atoms with E-state index in [0.717, 1.165) is 23.5 Å². The van der Waals surface area contributed by atoms with Gasteiger partial charge in [-0.2, -0.15) is 0 Å². The molecule has 0 saturated carbocycles. The molecule has 1 aromatic carbocycles. The minimum Gasteiger partial charge on any atom is -0.454 e. The first kappa shape index (κ1) is 16.0.